The molecule has 168 valence electrons. The SMILES string of the molecule is CC(C)Oc1ccc(CCCNC(=O)[C@H]2CN(S(C)(=O)=O)c3cc(Cl)ccc3O2)cc1. The summed E-state index contributed by atoms with van der Waals surface area (Å²) in [5.74, 6) is 0.790. The first-order valence-corrected chi connectivity index (χ1v) is 12.3. The van der Waals surface area contributed by atoms with Crippen molar-refractivity contribution in [2.24, 2.45) is 0 Å². The van der Waals surface area contributed by atoms with Crippen molar-refractivity contribution >= 4 is 33.2 Å². The summed E-state index contributed by atoms with van der Waals surface area (Å²) in [6.45, 7) is 4.32. The molecule has 0 saturated heterocycles. The van der Waals surface area contributed by atoms with Crippen LogP contribution < -0.4 is 19.1 Å². The van der Waals surface area contributed by atoms with Crippen molar-refractivity contribution in [2.75, 3.05) is 23.7 Å². The fourth-order valence-corrected chi connectivity index (χ4v) is 4.37. The summed E-state index contributed by atoms with van der Waals surface area (Å²) in [6.07, 6.45) is 1.83. The molecular weight excluding hydrogens is 440 g/mol. The molecule has 0 saturated carbocycles. The number of rotatable bonds is 8. The summed E-state index contributed by atoms with van der Waals surface area (Å²) in [6, 6.07) is 12.6. The quantitative estimate of drug-likeness (QED) is 0.602. The highest BCUT2D eigenvalue weighted by Crippen LogP contribution is 2.37. The highest BCUT2D eigenvalue weighted by molar-refractivity contribution is 7.92. The Morgan fingerprint density at radius 3 is 2.61 bits per heavy atom. The number of hydrogen-bond acceptors (Lipinski definition) is 5. The predicted molar refractivity (Wildman–Crippen MR) is 122 cm³/mol. The Labute approximate surface area is 188 Å². The molecule has 0 unspecified atom stereocenters. The maximum Gasteiger partial charge on any atom is 0.263 e. The van der Waals surface area contributed by atoms with Crippen LogP contribution in [-0.4, -0.2) is 45.9 Å². The van der Waals surface area contributed by atoms with E-state index in [9.17, 15) is 13.2 Å². The number of hydrogen-bond donors (Lipinski definition) is 1. The van der Waals surface area contributed by atoms with Crippen LogP contribution in [0.4, 0.5) is 5.69 Å². The Morgan fingerprint density at radius 2 is 1.97 bits per heavy atom. The zero-order valence-electron chi connectivity index (χ0n) is 17.8. The van der Waals surface area contributed by atoms with Gasteiger partial charge in [0.05, 0.1) is 24.6 Å². The van der Waals surface area contributed by atoms with Crippen LogP contribution in [0, 0.1) is 0 Å². The van der Waals surface area contributed by atoms with E-state index in [2.05, 4.69) is 5.32 Å². The van der Waals surface area contributed by atoms with Crippen molar-refractivity contribution in [2.45, 2.75) is 38.9 Å². The van der Waals surface area contributed by atoms with Gasteiger partial charge >= 0.3 is 0 Å². The van der Waals surface area contributed by atoms with E-state index < -0.39 is 16.1 Å². The van der Waals surface area contributed by atoms with E-state index in [0.717, 1.165) is 34.7 Å². The van der Waals surface area contributed by atoms with Crippen molar-refractivity contribution in [3.8, 4) is 11.5 Å². The van der Waals surface area contributed by atoms with E-state index in [1.54, 1.807) is 12.1 Å². The second-order valence-corrected chi connectivity index (χ2v) is 10.1. The first-order valence-electron chi connectivity index (χ1n) is 10.1. The van der Waals surface area contributed by atoms with Crippen molar-refractivity contribution in [1.29, 1.82) is 0 Å². The van der Waals surface area contributed by atoms with E-state index in [0.29, 0.717) is 23.0 Å². The predicted octanol–water partition coefficient (Wildman–Crippen LogP) is 3.40. The minimum Gasteiger partial charge on any atom is -0.491 e. The smallest absolute Gasteiger partial charge is 0.263 e. The van der Waals surface area contributed by atoms with Crippen LogP contribution in [0.25, 0.3) is 0 Å². The Balaban J connectivity index is 1.54. The van der Waals surface area contributed by atoms with E-state index in [1.165, 1.54) is 6.07 Å². The Kier molecular flexibility index (Phi) is 7.33. The topological polar surface area (TPSA) is 84.9 Å². The van der Waals surface area contributed by atoms with Crippen LogP contribution >= 0.6 is 11.6 Å². The van der Waals surface area contributed by atoms with Crippen LogP contribution in [0.3, 0.4) is 0 Å². The van der Waals surface area contributed by atoms with Crippen molar-refractivity contribution in [1.82, 2.24) is 5.32 Å². The molecule has 31 heavy (non-hydrogen) atoms. The van der Waals surface area contributed by atoms with Gasteiger partial charge in [-0.2, -0.15) is 0 Å². The molecular formula is C22H27ClN2O5S. The van der Waals surface area contributed by atoms with Crippen molar-refractivity contribution in [3.63, 3.8) is 0 Å². The number of sulfonamides is 1. The third kappa shape index (κ3) is 6.27. The molecule has 1 atom stereocenters. The maximum absolute atomic E-state index is 12.6. The molecule has 1 amide bonds. The molecule has 0 radical (unpaired) electrons. The molecule has 1 aliphatic rings. The van der Waals surface area contributed by atoms with Gasteiger partial charge in [0.2, 0.25) is 10.0 Å². The molecule has 9 heteroatoms. The van der Waals surface area contributed by atoms with Gasteiger partial charge in [-0.05, 0) is 62.6 Å². The lowest BCUT2D eigenvalue weighted by molar-refractivity contribution is -0.127. The molecule has 1 N–H and O–H groups in total. The molecule has 2 aromatic carbocycles. The highest BCUT2D eigenvalue weighted by Gasteiger charge is 2.35. The van der Waals surface area contributed by atoms with Gasteiger partial charge < -0.3 is 14.8 Å². The van der Waals surface area contributed by atoms with Gasteiger partial charge in [0, 0.05) is 11.6 Å². The lowest BCUT2D eigenvalue weighted by atomic mass is 10.1. The number of benzene rings is 2. The monoisotopic (exact) mass is 466 g/mol. The average Bonchev–Trinajstić information content (AvgIpc) is 2.70. The van der Waals surface area contributed by atoms with Gasteiger partial charge in [-0.25, -0.2) is 8.42 Å². The molecule has 7 nitrogen and oxygen atoms in total. The van der Waals surface area contributed by atoms with E-state index in [1.807, 2.05) is 38.1 Å². The van der Waals surface area contributed by atoms with Crippen LogP contribution in [0.1, 0.15) is 25.8 Å². The van der Waals surface area contributed by atoms with Crippen LogP contribution in [0.5, 0.6) is 11.5 Å². The Morgan fingerprint density at radius 1 is 1.26 bits per heavy atom. The number of fused-ring (bicyclic) bond motifs is 1. The average molecular weight is 467 g/mol. The van der Waals surface area contributed by atoms with Gasteiger partial charge in [0.1, 0.15) is 11.5 Å². The van der Waals surface area contributed by atoms with E-state index in [4.69, 9.17) is 21.1 Å². The highest BCUT2D eigenvalue weighted by atomic mass is 35.5. The summed E-state index contributed by atoms with van der Waals surface area (Å²) in [4.78, 5) is 12.6. The number of anilines is 1. The minimum absolute atomic E-state index is 0.102. The molecule has 0 aliphatic carbocycles. The Bertz CT molecular complexity index is 1020. The number of nitrogens with zero attached hydrogens (tertiary/aromatic N) is 1. The first kappa shape index (κ1) is 23.2. The summed E-state index contributed by atoms with van der Waals surface area (Å²) in [5, 5.41) is 3.23. The second kappa shape index (κ2) is 9.78. The molecule has 3 rings (SSSR count). The van der Waals surface area contributed by atoms with E-state index in [-0.39, 0.29) is 18.6 Å². The summed E-state index contributed by atoms with van der Waals surface area (Å²) >= 11 is 5.99. The third-order valence-electron chi connectivity index (χ3n) is 4.72. The van der Waals surface area contributed by atoms with Gasteiger partial charge in [-0.1, -0.05) is 23.7 Å². The summed E-state index contributed by atoms with van der Waals surface area (Å²) in [5.41, 5.74) is 1.48. The number of nitrogens with one attached hydrogen (secondary N) is 1. The van der Waals surface area contributed by atoms with Crippen LogP contribution in [0.15, 0.2) is 42.5 Å². The maximum atomic E-state index is 12.6. The molecule has 0 aromatic heterocycles. The molecule has 1 heterocycles. The standard InChI is InChI=1S/C22H27ClN2O5S/c1-15(2)29-18-9-6-16(7-10-18)5-4-12-24-22(26)21-14-25(31(3,27)28)19-13-17(23)8-11-20(19)30-21/h6-11,13,15,21H,4-5,12,14H2,1-3H3,(H,24,26)/t21-/m1/s1. The number of carbonyl (C=O) groups is 1. The number of ether oxygens (including phenoxy) is 2. The summed E-state index contributed by atoms with van der Waals surface area (Å²) in [7, 11) is -3.59. The van der Waals surface area contributed by atoms with Gasteiger partial charge in [-0.3, -0.25) is 9.10 Å². The van der Waals surface area contributed by atoms with Gasteiger partial charge in [0.25, 0.3) is 5.91 Å². The number of carbonyl (C=O) groups excluding carboxylic acids is 1. The van der Waals surface area contributed by atoms with Crippen LogP contribution in [-0.2, 0) is 21.2 Å². The molecule has 2 aromatic rings. The van der Waals surface area contributed by atoms with Crippen molar-refractivity contribution < 1.29 is 22.7 Å². The molecule has 0 spiro atoms. The normalized spacial score (nSPS) is 15.9. The van der Waals surface area contributed by atoms with Gasteiger partial charge in [0.15, 0.2) is 6.10 Å². The number of halogens is 1. The molecule has 0 bridgehead atoms. The third-order valence-corrected chi connectivity index (χ3v) is 6.10. The number of aryl methyl sites for hydroxylation is 1. The van der Waals surface area contributed by atoms with Crippen molar-refractivity contribution in [3.05, 3.63) is 53.1 Å². The summed E-state index contributed by atoms with van der Waals surface area (Å²) < 4.78 is 37.0. The number of amides is 1. The minimum atomic E-state index is -3.59. The van der Waals surface area contributed by atoms with Gasteiger partial charge in [-0.15, -0.1) is 0 Å². The fourth-order valence-electron chi connectivity index (χ4n) is 3.30. The Hall–Kier alpha value is -2.45. The fraction of sp³-hybridized carbons (Fsp3) is 0.409. The van der Waals surface area contributed by atoms with E-state index >= 15 is 0 Å². The lowest BCUT2D eigenvalue weighted by Crippen LogP contribution is -2.50. The second-order valence-electron chi connectivity index (χ2n) is 7.72. The first-order chi connectivity index (χ1) is 14.6. The molecule has 1 aliphatic heterocycles. The van der Waals surface area contributed by atoms with Crippen LogP contribution in [0.2, 0.25) is 5.02 Å². The molecule has 0 fully saturated rings. The zero-order chi connectivity index (χ0) is 22.6. The largest absolute Gasteiger partial charge is 0.491 e. The lowest BCUT2D eigenvalue weighted by Gasteiger charge is -2.34. The zero-order valence-corrected chi connectivity index (χ0v) is 19.4.